The van der Waals surface area contributed by atoms with E-state index in [1.54, 1.807) is 0 Å². The molecule has 1 fully saturated rings. The fraction of sp³-hybridized carbons (Fsp3) is 0.909. The minimum Gasteiger partial charge on any atom is -0.352 e. The van der Waals surface area contributed by atoms with Gasteiger partial charge in [-0.2, -0.15) is 11.8 Å². The van der Waals surface area contributed by atoms with Gasteiger partial charge in [0.15, 0.2) is 0 Å². The first kappa shape index (κ1) is 12.8. The van der Waals surface area contributed by atoms with Crippen molar-refractivity contribution in [3.05, 3.63) is 0 Å². The highest BCUT2D eigenvalue weighted by Crippen LogP contribution is 2.27. The van der Waals surface area contributed by atoms with Crippen molar-refractivity contribution in [3.8, 4) is 0 Å². The zero-order valence-corrected chi connectivity index (χ0v) is 10.7. The molecule has 0 heterocycles. The molecule has 1 saturated carbocycles. The number of carbonyl (C=O) groups is 1. The van der Waals surface area contributed by atoms with Crippen molar-refractivity contribution in [3.63, 3.8) is 0 Å². The Morgan fingerprint density at radius 3 is 2.73 bits per heavy atom. The molecule has 0 aromatic carbocycles. The largest absolute Gasteiger partial charge is 0.352 e. The molecule has 4 heteroatoms. The summed E-state index contributed by atoms with van der Waals surface area (Å²) in [6.45, 7) is 4.54. The molecule has 0 spiro atoms. The molecule has 1 aliphatic carbocycles. The molecule has 2 atom stereocenters. The van der Waals surface area contributed by atoms with Gasteiger partial charge in [0.25, 0.3) is 0 Å². The van der Waals surface area contributed by atoms with E-state index >= 15 is 0 Å². The summed E-state index contributed by atoms with van der Waals surface area (Å²) < 4.78 is 0. The Morgan fingerprint density at radius 2 is 2.20 bits per heavy atom. The SMILES string of the molecule is CSC1CCC(NC(=O)CNC(C)C)C1. The molecule has 0 aromatic rings. The molecular formula is C11H22N2OS. The van der Waals surface area contributed by atoms with Crippen LogP contribution in [0.25, 0.3) is 0 Å². The average molecular weight is 230 g/mol. The number of hydrogen-bond acceptors (Lipinski definition) is 3. The van der Waals surface area contributed by atoms with Crippen LogP contribution in [0.5, 0.6) is 0 Å². The molecule has 1 aliphatic rings. The van der Waals surface area contributed by atoms with E-state index in [2.05, 4.69) is 16.9 Å². The molecule has 0 radical (unpaired) electrons. The Bertz CT molecular complexity index is 209. The highest BCUT2D eigenvalue weighted by Gasteiger charge is 2.24. The average Bonchev–Trinajstić information content (AvgIpc) is 2.62. The molecule has 1 rings (SSSR count). The van der Waals surface area contributed by atoms with Crippen molar-refractivity contribution in [2.45, 2.75) is 50.4 Å². The van der Waals surface area contributed by atoms with Crippen LogP contribution in [0.15, 0.2) is 0 Å². The third-order valence-corrected chi connectivity index (χ3v) is 3.85. The van der Waals surface area contributed by atoms with Crippen LogP contribution < -0.4 is 10.6 Å². The first-order valence-corrected chi connectivity index (χ1v) is 6.96. The van der Waals surface area contributed by atoms with E-state index in [9.17, 15) is 4.79 Å². The summed E-state index contributed by atoms with van der Waals surface area (Å²) in [7, 11) is 0. The number of amides is 1. The van der Waals surface area contributed by atoms with Crippen molar-refractivity contribution in [2.24, 2.45) is 0 Å². The smallest absolute Gasteiger partial charge is 0.234 e. The minimum absolute atomic E-state index is 0.135. The zero-order chi connectivity index (χ0) is 11.3. The monoisotopic (exact) mass is 230 g/mol. The molecule has 0 saturated heterocycles. The first-order valence-electron chi connectivity index (χ1n) is 5.67. The third-order valence-electron chi connectivity index (χ3n) is 2.75. The number of hydrogen-bond donors (Lipinski definition) is 2. The lowest BCUT2D eigenvalue weighted by atomic mass is 10.2. The normalized spacial score (nSPS) is 25.9. The number of carbonyl (C=O) groups excluding carboxylic acids is 1. The van der Waals surface area contributed by atoms with Gasteiger partial charge in [0, 0.05) is 17.3 Å². The highest BCUT2D eigenvalue weighted by molar-refractivity contribution is 7.99. The number of thioether (sulfide) groups is 1. The van der Waals surface area contributed by atoms with Crippen LogP contribution in [0.2, 0.25) is 0 Å². The van der Waals surface area contributed by atoms with Gasteiger partial charge in [0.2, 0.25) is 5.91 Å². The van der Waals surface area contributed by atoms with Crippen LogP contribution in [0.3, 0.4) is 0 Å². The van der Waals surface area contributed by atoms with Crippen LogP contribution >= 0.6 is 11.8 Å². The second-order valence-electron chi connectivity index (χ2n) is 4.47. The van der Waals surface area contributed by atoms with Crippen molar-refractivity contribution in [2.75, 3.05) is 12.8 Å². The van der Waals surface area contributed by atoms with Gasteiger partial charge >= 0.3 is 0 Å². The van der Waals surface area contributed by atoms with Gasteiger partial charge in [-0.25, -0.2) is 0 Å². The van der Waals surface area contributed by atoms with E-state index in [-0.39, 0.29) is 5.91 Å². The molecule has 0 aliphatic heterocycles. The molecule has 15 heavy (non-hydrogen) atoms. The van der Waals surface area contributed by atoms with Gasteiger partial charge in [-0.05, 0) is 25.5 Å². The Kier molecular flexibility index (Phi) is 5.47. The summed E-state index contributed by atoms with van der Waals surface area (Å²) in [5, 5.41) is 6.95. The van der Waals surface area contributed by atoms with Gasteiger partial charge in [-0.3, -0.25) is 4.79 Å². The predicted molar refractivity (Wildman–Crippen MR) is 66.2 cm³/mol. The summed E-state index contributed by atoms with van der Waals surface area (Å²) in [5.41, 5.74) is 0. The highest BCUT2D eigenvalue weighted by atomic mass is 32.2. The Balaban J connectivity index is 2.16. The zero-order valence-electron chi connectivity index (χ0n) is 9.88. The maximum absolute atomic E-state index is 11.5. The molecule has 2 N–H and O–H groups in total. The molecule has 2 unspecified atom stereocenters. The van der Waals surface area contributed by atoms with E-state index in [4.69, 9.17) is 0 Å². The molecule has 0 bridgehead atoms. The molecule has 3 nitrogen and oxygen atoms in total. The summed E-state index contributed by atoms with van der Waals surface area (Å²) in [5.74, 6) is 0.135. The molecule has 88 valence electrons. The third kappa shape index (κ3) is 4.89. The van der Waals surface area contributed by atoms with Crippen molar-refractivity contribution >= 4 is 17.7 Å². The predicted octanol–water partition coefficient (Wildman–Crippen LogP) is 1.38. The summed E-state index contributed by atoms with van der Waals surface area (Å²) in [4.78, 5) is 11.5. The van der Waals surface area contributed by atoms with Crippen molar-refractivity contribution in [1.29, 1.82) is 0 Å². The Morgan fingerprint density at radius 1 is 1.47 bits per heavy atom. The van der Waals surface area contributed by atoms with Gasteiger partial charge in [0.1, 0.15) is 0 Å². The van der Waals surface area contributed by atoms with Crippen LogP contribution in [-0.4, -0.2) is 36.0 Å². The minimum atomic E-state index is 0.135. The van der Waals surface area contributed by atoms with Crippen molar-refractivity contribution < 1.29 is 4.79 Å². The standard InChI is InChI=1S/C11H22N2OS/c1-8(2)12-7-11(14)13-9-4-5-10(6-9)15-3/h8-10,12H,4-7H2,1-3H3,(H,13,14). The maximum Gasteiger partial charge on any atom is 0.234 e. The Labute approximate surface area is 96.8 Å². The van der Waals surface area contributed by atoms with E-state index in [1.807, 2.05) is 25.6 Å². The molecular weight excluding hydrogens is 208 g/mol. The lowest BCUT2D eigenvalue weighted by Gasteiger charge is -2.14. The number of nitrogens with one attached hydrogen (secondary N) is 2. The number of rotatable bonds is 5. The summed E-state index contributed by atoms with van der Waals surface area (Å²) in [6.07, 6.45) is 5.66. The lowest BCUT2D eigenvalue weighted by Crippen LogP contribution is -2.41. The quantitative estimate of drug-likeness (QED) is 0.750. The molecule has 1 amide bonds. The second kappa shape index (κ2) is 6.38. The van der Waals surface area contributed by atoms with E-state index in [0.717, 1.165) is 18.1 Å². The van der Waals surface area contributed by atoms with Crippen LogP contribution in [0.4, 0.5) is 0 Å². The molecule has 0 aromatic heterocycles. The summed E-state index contributed by atoms with van der Waals surface area (Å²) in [6, 6.07) is 0.780. The van der Waals surface area contributed by atoms with Crippen molar-refractivity contribution in [1.82, 2.24) is 10.6 Å². The van der Waals surface area contributed by atoms with E-state index < -0.39 is 0 Å². The van der Waals surface area contributed by atoms with Crippen LogP contribution in [0, 0.1) is 0 Å². The summed E-state index contributed by atoms with van der Waals surface area (Å²) >= 11 is 1.91. The second-order valence-corrected chi connectivity index (χ2v) is 5.61. The van der Waals surface area contributed by atoms with E-state index in [0.29, 0.717) is 18.6 Å². The lowest BCUT2D eigenvalue weighted by molar-refractivity contribution is -0.121. The fourth-order valence-electron chi connectivity index (χ4n) is 1.86. The van der Waals surface area contributed by atoms with Crippen LogP contribution in [-0.2, 0) is 4.79 Å². The Hall–Kier alpha value is -0.220. The van der Waals surface area contributed by atoms with Crippen LogP contribution in [0.1, 0.15) is 33.1 Å². The first-order chi connectivity index (χ1) is 7.11. The van der Waals surface area contributed by atoms with E-state index in [1.165, 1.54) is 6.42 Å². The van der Waals surface area contributed by atoms with Gasteiger partial charge in [-0.1, -0.05) is 13.8 Å². The van der Waals surface area contributed by atoms with Gasteiger partial charge in [0.05, 0.1) is 6.54 Å². The fourth-order valence-corrected chi connectivity index (χ4v) is 2.66. The topological polar surface area (TPSA) is 41.1 Å². The maximum atomic E-state index is 11.5. The van der Waals surface area contributed by atoms with Gasteiger partial charge < -0.3 is 10.6 Å². The van der Waals surface area contributed by atoms with Gasteiger partial charge in [-0.15, -0.1) is 0 Å².